The van der Waals surface area contributed by atoms with E-state index in [1.54, 1.807) is 0 Å². The Kier molecular flexibility index (Phi) is 7.68. The molecule has 3 heterocycles. The van der Waals surface area contributed by atoms with Gasteiger partial charge in [0.25, 0.3) is 0 Å². The maximum Gasteiger partial charge on any atom is 0.238 e. The van der Waals surface area contributed by atoms with E-state index in [4.69, 9.17) is 4.98 Å². The van der Waals surface area contributed by atoms with Gasteiger partial charge in [-0.1, -0.05) is 42.3 Å². The van der Waals surface area contributed by atoms with E-state index in [1.807, 2.05) is 18.2 Å². The highest BCUT2D eigenvalue weighted by Gasteiger charge is 2.25. The topological polar surface area (TPSA) is 48.5 Å². The molecule has 190 valence electrons. The Bertz CT molecular complexity index is 1170. The van der Waals surface area contributed by atoms with Crippen molar-refractivity contribution in [1.29, 1.82) is 0 Å². The van der Waals surface area contributed by atoms with E-state index in [2.05, 4.69) is 72.3 Å². The molecule has 2 fully saturated rings. The van der Waals surface area contributed by atoms with Crippen LogP contribution in [0.2, 0.25) is 0 Å². The van der Waals surface area contributed by atoms with Gasteiger partial charge in [0, 0.05) is 29.7 Å². The summed E-state index contributed by atoms with van der Waals surface area (Å²) < 4.78 is 0. The maximum absolute atomic E-state index is 12.8. The minimum absolute atomic E-state index is 0.0563. The predicted octanol–water partition coefficient (Wildman–Crippen LogP) is 6.12. The number of aryl methyl sites for hydroxylation is 1. The summed E-state index contributed by atoms with van der Waals surface area (Å²) in [5.74, 6) is 0.657. The Morgan fingerprint density at radius 3 is 2.39 bits per heavy atom. The maximum atomic E-state index is 12.8. The SMILES string of the molecule is Cc1ccc(C2CCN(CC(=O)Nc3ccc4nc(CN5[C@H](C)CCC[C@@H]5C)ccc4c3)CC2)cc1. The number of carbonyl (C=O) groups excluding carboxylic acids is 1. The first kappa shape index (κ1) is 24.9. The lowest BCUT2D eigenvalue weighted by Gasteiger charge is -2.38. The van der Waals surface area contributed by atoms with Gasteiger partial charge in [0.2, 0.25) is 5.91 Å². The number of pyridine rings is 1. The van der Waals surface area contributed by atoms with E-state index in [0.29, 0.717) is 24.5 Å². The van der Waals surface area contributed by atoms with Crippen LogP contribution in [0.1, 0.15) is 68.7 Å². The average Bonchev–Trinajstić information content (AvgIpc) is 2.87. The fourth-order valence-electron chi connectivity index (χ4n) is 5.97. The van der Waals surface area contributed by atoms with Crippen LogP contribution in [0.3, 0.4) is 0 Å². The predicted molar refractivity (Wildman–Crippen MR) is 148 cm³/mol. The third-order valence-corrected chi connectivity index (χ3v) is 8.25. The van der Waals surface area contributed by atoms with Crippen LogP contribution in [0.15, 0.2) is 54.6 Å². The van der Waals surface area contributed by atoms with E-state index in [9.17, 15) is 4.79 Å². The van der Waals surface area contributed by atoms with Crippen LogP contribution in [-0.2, 0) is 11.3 Å². The number of aromatic nitrogens is 1. The van der Waals surface area contributed by atoms with Crippen molar-refractivity contribution in [3.8, 4) is 0 Å². The number of anilines is 1. The number of nitrogens with zero attached hydrogens (tertiary/aromatic N) is 3. The largest absolute Gasteiger partial charge is 0.325 e. The van der Waals surface area contributed by atoms with Crippen LogP contribution in [0, 0.1) is 6.92 Å². The van der Waals surface area contributed by atoms with Crippen molar-refractivity contribution >= 4 is 22.5 Å². The second-order valence-electron chi connectivity index (χ2n) is 11.0. The van der Waals surface area contributed by atoms with Crippen molar-refractivity contribution < 1.29 is 4.79 Å². The summed E-state index contributed by atoms with van der Waals surface area (Å²) in [7, 11) is 0. The molecule has 2 atom stereocenters. The molecule has 5 heteroatoms. The van der Waals surface area contributed by atoms with Crippen molar-refractivity contribution in [3.05, 3.63) is 71.4 Å². The first-order valence-corrected chi connectivity index (χ1v) is 13.7. The molecule has 1 amide bonds. The first-order chi connectivity index (χ1) is 17.4. The van der Waals surface area contributed by atoms with Crippen LogP contribution in [0.25, 0.3) is 10.9 Å². The fourth-order valence-corrected chi connectivity index (χ4v) is 5.97. The van der Waals surface area contributed by atoms with Gasteiger partial charge in [-0.3, -0.25) is 19.6 Å². The molecule has 0 spiro atoms. The number of piperidine rings is 2. The van der Waals surface area contributed by atoms with Gasteiger partial charge in [-0.25, -0.2) is 0 Å². The van der Waals surface area contributed by atoms with Crippen molar-refractivity contribution in [2.45, 2.75) is 77.4 Å². The first-order valence-electron chi connectivity index (χ1n) is 13.7. The Morgan fingerprint density at radius 1 is 0.944 bits per heavy atom. The molecule has 0 aliphatic carbocycles. The number of carbonyl (C=O) groups is 1. The molecule has 2 aromatic carbocycles. The average molecular weight is 485 g/mol. The van der Waals surface area contributed by atoms with E-state index >= 15 is 0 Å². The molecule has 0 radical (unpaired) electrons. The number of hydrogen-bond acceptors (Lipinski definition) is 4. The zero-order chi connectivity index (χ0) is 25.1. The highest BCUT2D eigenvalue weighted by Crippen LogP contribution is 2.28. The van der Waals surface area contributed by atoms with Gasteiger partial charge < -0.3 is 5.32 Å². The molecule has 0 saturated carbocycles. The fraction of sp³-hybridized carbons (Fsp3) is 0.484. The lowest BCUT2D eigenvalue weighted by molar-refractivity contribution is -0.117. The monoisotopic (exact) mass is 484 g/mol. The third-order valence-electron chi connectivity index (χ3n) is 8.25. The van der Waals surface area contributed by atoms with E-state index in [-0.39, 0.29) is 5.91 Å². The lowest BCUT2D eigenvalue weighted by atomic mass is 9.89. The third kappa shape index (κ3) is 5.96. The van der Waals surface area contributed by atoms with E-state index in [0.717, 1.165) is 54.8 Å². The molecule has 36 heavy (non-hydrogen) atoms. The summed E-state index contributed by atoms with van der Waals surface area (Å²) in [6.45, 7) is 10.1. The summed E-state index contributed by atoms with van der Waals surface area (Å²) in [5.41, 5.74) is 5.68. The minimum Gasteiger partial charge on any atom is -0.325 e. The number of nitrogens with one attached hydrogen (secondary N) is 1. The zero-order valence-corrected chi connectivity index (χ0v) is 22.0. The van der Waals surface area contributed by atoms with Crippen molar-refractivity contribution in [3.63, 3.8) is 0 Å². The number of hydrogen-bond donors (Lipinski definition) is 1. The van der Waals surface area contributed by atoms with E-state index in [1.165, 1.54) is 30.4 Å². The molecule has 1 aromatic heterocycles. The molecule has 1 N–H and O–H groups in total. The number of fused-ring (bicyclic) bond motifs is 1. The Hall–Kier alpha value is -2.76. The van der Waals surface area contributed by atoms with Gasteiger partial charge in [-0.05, 0) is 95.3 Å². The zero-order valence-electron chi connectivity index (χ0n) is 22.0. The Morgan fingerprint density at radius 2 is 1.67 bits per heavy atom. The lowest BCUT2D eigenvalue weighted by Crippen LogP contribution is -2.43. The van der Waals surface area contributed by atoms with Gasteiger partial charge >= 0.3 is 0 Å². The molecule has 3 aromatic rings. The Balaban J connectivity index is 1.14. The summed E-state index contributed by atoms with van der Waals surface area (Å²) in [4.78, 5) is 22.5. The van der Waals surface area contributed by atoms with Crippen LogP contribution in [-0.4, -0.2) is 52.4 Å². The minimum atomic E-state index is 0.0563. The molecule has 2 aliphatic rings. The smallest absolute Gasteiger partial charge is 0.238 e. The van der Waals surface area contributed by atoms with Gasteiger partial charge in [0.15, 0.2) is 0 Å². The standard InChI is InChI=1S/C31H40N4O/c1-22-7-9-25(10-8-22)26-15-17-34(18-16-26)21-31(36)33-28-13-14-30-27(19-28)11-12-29(32-30)20-35-23(2)5-4-6-24(35)3/h7-14,19,23-24,26H,4-6,15-18,20-21H2,1-3H3,(H,33,36)/t23-,24+. The van der Waals surface area contributed by atoms with Crippen LogP contribution >= 0.6 is 0 Å². The number of benzene rings is 2. The van der Waals surface area contributed by atoms with Gasteiger partial charge in [-0.15, -0.1) is 0 Å². The highest BCUT2D eigenvalue weighted by atomic mass is 16.2. The number of likely N-dealkylation sites (tertiary alicyclic amines) is 2. The number of rotatable bonds is 6. The van der Waals surface area contributed by atoms with Crippen molar-refractivity contribution in [2.24, 2.45) is 0 Å². The van der Waals surface area contributed by atoms with E-state index < -0.39 is 0 Å². The van der Waals surface area contributed by atoms with Gasteiger partial charge in [0.05, 0.1) is 17.8 Å². The second-order valence-corrected chi connectivity index (χ2v) is 11.0. The molecule has 5 rings (SSSR count). The molecule has 0 unspecified atom stereocenters. The molecule has 5 nitrogen and oxygen atoms in total. The summed E-state index contributed by atoms with van der Waals surface area (Å²) >= 11 is 0. The highest BCUT2D eigenvalue weighted by molar-refractivity contribution is 5.94. The second kappa shape index (κ2) is 11.1. The summed E-state index contributed by atoms with van der Waals surface area (Å²) in [6, 6.07) is 20.5. The van der Waals surface area contributed by atoms with Crippen LogP contribution in [0.5, 0.6) is 0 Å². The summed E-state index contributed by atoms with van der Waals surface area (Å²) in [6.07, 6.45) is 6.08. The van der Waals surface area contributed by atoms with Crippen molar-refractivity contribution in [1.82, 2.24) is 14.8 Å². The molecular formula is C31H40N4O. The van der Waals surface area contributed by atoms with Crippen LogP contribution in [0.4, 0.5) is 5.69 Å². The number of amides is 1. The molecule has 0 bridgehead atoms. The van der Waals surface area contributed by atoms with Gasteiger partial charge in [0.1, 0.15) is 0 Å². The molecule has 2 saturated heterocycles. The molecular weight excluding hydrogens is 444 g/mol. The van der Waals surface area contributed by atoms with Gasteiger partial charge in [-0.2, -0.15) is 0 Å². The normalized spacial score (nSPS) is 22.1. The van der Waals surface area contributed by atoms with Crippen molar-refractivity contribution in [2.75, 3.05) is 25.0 Å². The Labute approximate surface area is 215 Å². The summed E-state index contributed by atoms with van der Waals surface area (Å²) in [5, 5.41) is 4.17. The quantitative estimate of drug-likeness (QED) is 0.458. The van der Waals surface area contributed by atoms with Crippen LogP contribution < -0.4 is 5.32 Å². The molecule has 2 aliphatic heterocycles.